The molecule has 1 aliphatic rings. The normalized spacial score (nSPS) is 15.8. The van der Waals surface area contributed by atoms with Crippen LogP contribution < -0.4 is 14.8 Å². The first kappa shape index (κ1) is 21.9. The number of methoxy groups -OCH3 is 2. The predicted octanol–water partition coefficient (Wildman–Crippen LogP) is 3.16. The number of carbonyl (C=O) groups is 1. The molecule has 0 saturated heterocycles. The van der Waals surface area contributed by atoms with Crippen LogP contribution in [0.15, 0.2) is 48.7 Å². The first-order chi connectivity index (χ1) is 15.5. The van der Waals surface area contributed by atoms with Crippen molar-refractivity contribution < 1.29 is 14.3 Å². The van der Waals surface area contributed by atoms with Gasteiger partial charge in [0.15, 0.2) is 0 Å². The molecule has 32 heavy (non-hydrogen) atoms. The third-order valence-corrected chi connectivity index (χ3v) is 5.88. The number of rotatable bonds is 7. The third-order valence-electron chi connectivity index (χ3n) is 5.88. The van der Waals surface area contributed by atoms with E-state index in [4.69, 9.17) is 9.47 Å². The number of nitrogens with one attached hydrogen (secondary N) is 1. The molecule has 1 aromatic heterocycles. The molecule has 0 radical (unpaired) electrons. The average Bonchev–Trinajstić information content (AvgIpc) is 3.18. The Labute approximate surface area is 188 Å². The summed E-state index contributed by atoms with van der Waals surface area (Å²) in [5.41, 5.74) is 5.26. The second-order valence-electron chi connectivity index (χ2n) is 8.32. The van der Waals surface area contributed by atoms with Crippen molar-refractivity contribution in [3.05, 3.63) is 76.6 Å². The minimum absolute atomic E-state index is 0.0126. The van der Waals surface area contributed by atoms with E-state index in [2.05, 4.69) is 34.4 Å². The smallest absolute Gasteiger partial charge is 0.230 e. The van der Waals surface area contributed by atoms with Gasteiger partial charge in [-0.25, -0.2) is 0 Å². The third kappa shape index (κ3) is 4.78. The summed E-state index contributed by atoms with van der Waals surface area (Å²) in [7, 11) is 5.24. The quantitative estimate of drug-likeness (QED) is 0.619. The largest absolute Gasteiger partial charge is 0.497 e. The van der Waals surface area contributed by atoms with Gasteiger partial charge in [0.2, 0.25) is 5.91 Å². The molecule has 1 aliphatic heterocycles. The zero-order valence-electron chi connectivity index (χ0n) is 19.1. The Hall–Kier alpha value is -3.32. The van der Waals surface area contributed by atoms with Gasteiger partial charge in [-0.2, -0.15) is 5.10 Å². The van der Waals surface area contributed by atoms with Gasteiger partial charge in [0.25, 0.3) is 0 Å². The van der Waals surface area contributed by atoms with E-state index in [0.29, 0.717) is 19.6 Å². The van der Waals surface area contributed by atoms with E-state index in [9.17, 15) is 4.79 Å². The molecule has 1 N–H and O–H groups in total. The Bertz CT molecular complexity index is 1090. The summed E-state index contributed by atoms with van der Waals surface area (Å²) < 4.78 is 12.6. The molecule has 0 unspecified atom stereocenters. The molecule has 7 heteroatoms. The van der Waals surface area contributed by atoms with Gasteiger partial charge in [0, 0.05) is 50.6 Å². The number of carbonyl (C=O) groups excluding carboxylic acids is 1. The van der Waals surface area contributed by atoms with Crippen molar-refractivity contribution in [1.82, 2.24) is 20.0 Å². The maximum absolute atomic E-state index is 13.2. The van der Waals surface area contributed by atoms with Gasteiger partial charge in [0.1, 0.15) is 11.5 Å². The van der Waals surface area contributed by atoms with Crippen LogP contribution >= 0.6 is 0 Å². The molecule has 0 spiro atoms. The monoisotopic (exact) mass is 434 g/mol. The lowest BCUT2D eigenvalue weighted by Gasteiger charge is -2.31. The molecular formula is C25H30N4O3. The minimum Gasteiger partial charge on any atom is -0.497 e. The fraction of sp³-hybridized carbons (Fsp3) is 0.360. The summed E-state index contributed by atoms with van der Waals surface area (Å²) in [4.78, 5) is 15.5. The summed E-state index contributed by atoms with van der Waals surface area (Å²) in [6.45, 7) is 4.59. The number of benzene rings is 2. The Morgan fingerprint density at radius 1 is 1.16 bits per heavy atom. The molecule has 0 saturated carbocycles. The molecule has 3 aromatic rings. The van der Waals surface area contributed by atoms with Gasteiger partial charge in [-0.05, 0) is 36.2 Å². The lowest BCUT2D eigenvalue weighted by Crippen LogP contribution is -2.40. The first-order valence-corrected chi connectivity index (χ1v) is 10.8. The van der Waals surface area contributed by atoms with Gasteiger partial charge in [-0.1, -0.05) is 24.3 Å². The predicted molar refractivity (Wildman–Crippen MR) is 123 cm³/mol. The number of amides is 1. The average molecular weight is 435 g/mol. The molecule has 1 atom stereocenters. The van der Waals surface area contributed by atoms with Crippen molar-refractivity contribution in [3.63, 3.8) is 0 Å². The van der Waals surface area contributed by atoms with Crippen LogP contribution in [0.1, 0.15) is 33.9 Å². The molecule has 168 valence electrons. The van der Waals surface area contributed by atoms with Crippen molar-refractivity contribution in [3.8, 4) is 11.5 Å². The highest BCUT2D eigenvalue weighted by molar-refractivity contribution is 5.84. The van der Waals surface area contributed by atoms with Crippen LogP contribution in [0.25, 0.3) is 0 Å². The van der Waals surface area contributed by atoms with Crippen LogP contribution in [0.3, 0.4) is 0 Å². The Balaban J connectivity index is 1.49. The van der Waals surface area contributed by atoms with Gasteiger partial charge >= 0.3 is 0 Å². The van der Waals surface area contributed by atoms with Crippen molar-refractivity contribution in [1.29, 1.82) is 0 Å². The van der Waals surface area contributed by atoms with E-state index in [1.54, 1.807) is 18.9 Å². The molecular weight excluding hydrogens is 404 g/mol. The minimum atomic E-state index is -0.324. The molecule has 0 bridgehead atoms. The van der Waals surface area contributed by atoms with Gasteiger partial charge in [0.05, 0.1) is 25.8 Å². The topological polar surface area (TPSA) is 68.6 Å². The summed E-state index contributed by atoms with van der Waals surface area (Å²) in [6.07, 6.45) is 2.01. The number of hydrogen-bond acceptors (Lipinski definition) is 5. The maximum Gasteiger partial charge on any atom is 0.230 e. The van der Waals surface area contributed by atoms with Crippen molar-refractivity contribution in [2.45, 2.75) is 32.5 Å². The second kappa shape index (κ2) is 9.44. The molecule has 7 nitrogen and oxygen atoms in total. The highest BCUT2D eigenvalue weighted by atomic mass is 16.5. The zero-order valence-corrected chi connectivity index (χ0v) is 19.1. The highest BCUT2D eigenvalue weighted by Gasteiger charge is 2.33. The first-order valence-electron chi connectivity index (χ1n) is 10.8. The fourth-order valence-corrected chi connectivity index (χ4v) is 4.23. The standard InChI is InChI=1S/C25H30N4O3/c1-17-5-8-19(23(11-17)32-4)14-29-15-20-13-28(2)27-24(20)22(16-29)25(30)26-12-18-6-9-21(31-3)10-7-18/h5-11,13,22H,12,14-16H2,1-4H3,(H,26,30)/t22-/m1/s1. The Kier molecular flexibility index (Phi) is 6.46. The molecule has 2 heterocycles. The Morgan fingerprint density at radius 2 is 1.94 bits per heavy atom. The lowest BCUT2D eigenvalue weighted by atomic mass is 9.95. The van der Waals surface area contributed by atoms with Crippen molar-refractivity contribution in [2.75, 3.05) is 20.8 Å². The van der Waals surface area contributed by atoms with E-state index in [1.165, 1.54) is 0 Å². The van der Waals surface area contributed by atoms with Crippen LogP contribution in [0.4, 0.5) is 0 Å². The van der Waals surface area contributed by atoms with Crippen LogP contribution in [0.5, 0.6) is 11.5 Å². The van der Waals surface area contributed by atoms with E-state index < -0.39 is 0 Å². The summed E-state index contributed by atoms with van der Waals surface area (Å²) >= 11 is 0. The SMILES string of the molecule is COc1ccc(CNC(=O)[C@@H]2CN(Cc3ccc(C)cc3OC)Cc3cn(C)nc32)cc1. The number of aromatic nitrogens is 2. The maximum atomic E-state index is 13.2. The van der Waals surface area contributed by atoms with E-state index >= 15 is 0 Å². The number of ether oxygens (including phenoxy) is 2. The Morgan fingerprint density at radius 3 is 2.66 bits per heavy atom. The lowest BCUT2D eigenvalue weighted by molar-refractivity contribution is -0.123. The van der Waals surface area contributed by atoms with E-state index in [1.807, 2.05) is 43.6 Å². The van der Waals surface area contributed by atoms with E-state index in [-0.39, 0.29) is 11.8 Å². The number of aryl methyl sites for hydroxylation is 2. The van der Waals surface area contributed by atoms with E-state index in [0.717, 1.165) is 46.0 Å². The summed E-state index contributed by atoms with van der Waals surface area (Å²) in [5, 5.41) is 7.70. The molecule has 2 aromatic carbocycles. The molecule has 1 amide bonds. The van der Waals surface area contributed by atoms with Crippen LogP contribution in [-0.2, 0) is 31.5 Å². The van der Waals surface area contributed by atoms with Gasteiger partial charge < -0.3 is 14.8 Å². The zero-order chi connectivity index (χ0) is 22.7. The fourth-order valence-electron chi connectivity index (χ4n) is 4.23. The van der Waals surface area contributed by atoms with Crippen molar-refractivity contribution >= 4 is 5.91 Å². The van der Waals surface area contributed by atoms with Crippen LogP contribution in [-0.4, -0.2) is 41.4 Å². The molecule has 0 fully saturated rings. The van der Waals surface area contributed by atoms with Crippen molar-refractivity contribution in [2.24, 2.45) is 7.05 Å². The van der Waals surface area contributed by atoms with Crippen LogP contribution in [0.2, 0.25) is 0 Å². The number of fused-ring (bicyclic) bond motifs is 1. The summed E-state index contributed by atoms with van der Waals surface area (Å²) in [6, 6.07) is 14.0. The number of nitrogens with zero attached hydrogens (tertiary/aromatic N) is 3. The second-order valence-corrected chi connectivity index (χ2v) is 8.32. The summed E-state index contributed by atoms with van der Waals surface area (Å²) in [5.74, 6) is 1.34. The van der Waals surface area contributed by atoms with Crippen LogP contribution in [0, 0.1) is 6.92 Å². The number of hydrogen-bond donors (Lipinski definition) is 1. The highest BCUT2D eigenvalue weighted by Crippen LogP contribution is 2.30. The van der Waals surface area contributed by atoms with Gasteiger partial charge in [-0.15, -0.1) is 0 Å². The molecule has 4 rings (SSSR count). The molecule has 0 aliphatic carbocycles. The van der Waals surface area contributed by atoms with Gasteiger partial charge in [-0.3, -0.25) is 14.4 Å².